The monoisotopic (exact) mass is 525 g/mol. The fourth-order valence-electron chi connectivity index (χ4n) is 2.95. The number of hydrogen-bond donors (Lipinski definition) is 2. The van der Waals surface area contributed by atoms with Gasteiger partial charge in [0.1, 0.15) is 5.75 Å². The van der Waals surface area contributed by atoms with Crippen LogP contribution in [-0.2, 0) is 4.74 Å². The van der Waals surface area contributed by atoms with Gasteiger partial charge in [-0.25, -0.2) is 0 Å². The highest BCUT2D eigenvalue weighted by Gasteiger charge is 2.20. The highest BCUT2D eigenvalue weighted by molar-refractivity contribution is 9.10. The van der Waals surface area contributed by atoms with E-state index < -0.39 is 5.91 Å². The molecule has 1 heterocycles. The summed E-state index contributed by atoms with van der Waals surface area (Å²) < 4.78 is 11.4. The van der Waals surface area contributed by atoms with Crippen LogP contribution in [0.5, 0.6) is 5.75 Å². The first-order chi connectivity index (χ1) is 14.9. The molecule has 3 rings (SSSR count). The van der Waals surface area contributed by atoms with Gasteiger partial charge in [-0.1, -0.05) is 11.6 Å². The zero-order valence-electron chi connectivity index (χ0n) is 16.7. The van der Waals surface area contributed by atoms with Gasteiger partial charge in [-0.2, -0.15) is 0 Å². The van der Waals surface area contributed by atoms with Gasteiger partial charge >= 0.3 is 0 Å². The van der Waals surface area contributed by atoms with Crippen LogP contribution in [-0.4, -0.2) is 54.7 Å². The molecule has 0 bridgehead atoms. The lowest BCUT2D eigenvalue weighted by Gasteiger charge is -2.27. The van der Waals surface area contributed by atoms with E-state index in [4.69, 9.17) is 33.3 Å². The van der Waals surface area contributed by atoms with Gasteiger partial charge in [0.2, 0.25) is 0 Å². The third kappa shape index (κ3) is 6.16. The normalized spacial score (nSPS) is 13.5. The number of anilines is 1. The Morgan fingerprint density at radius 2 is 1.90 bits per heavy atom. The number of carbonyl (C=O) groups is 2. The summed E-state index contributed by atoms with van der Waals surface area (Å²) in [6, 6.07) is 9.89. The molecule has 2 N–H and O–H groups in total. The quantitative estimate of drug-likeness (QED) is 0.571. The zero-order chi connectivity index (χ0) is 22.4. The summed E-state index contributed by atoms with van der Waals surface area (Å²) in [4.78, 5) is 27.0. The molecule has 0 aromatic heterocycles. The third-order valence-corrected chi connectivity index (χ3v) is 5.63. The van der Waals surface area contributed by atoms with Gasteiger partial charge in [0.25, 0.3) is 11.8 Å². The number of carbonyl (C=O) groups excluding carboxylic acids is 2. The van der Waals surface area contributed by atoms with Crippen molar-refractivity contribution in [3.8, 4) is 5.75 Å². The summed E-state index contributed by atoms with van der Waals surface area (Å²) in [5, 5.41) is 5.94. The molecule has 2 aromatic carbocycles. The number of rotatable bonds is 5. The van der Waals surface area contributed by atoms with Crippen molar-refractivity contribution in [2.45, 2.75) is 6.92 Å². The maximum atomic E-state index is 12.7. The van der Waals surface area contributed by atoms with Crippen LogP contribution in [0.4, 0.5) is 5.69 Å². The van der Waals surface area contributed by atoms with Gasteiger partial charge < -0.3 is 19.7 Å². The van der Waals surface area contributed by atoms with E-state index in [1.165, 1.54) is 0 Å². The fraction of sp³-hybridized carbons (Fsp3) is 0.286. The van der Waals surface area contributed by atoms with Crippen molar-refractivity contribution in [3.63, 3.8) is 0 Å². The minimum absolute atomic E-state index is 0.0629. The van der Waals surface area contributed by atoms with E-state index in [9.17, 15) is 9.59 Å². The molecular formula is C21H21BrClN3O4S. The maximum absolute atomic E-state index is 12.7. The lowest BCUT2D eigenvalue weighted by atomic mass is 10.1. The predicted octanol–water partition coefficient (Wildman–Crippen LogP) is 4.10. The molecule has 1 aliphatic rings. The molecule has 0 radical (unpaired) electrons. The van der Waals surface area contributed by atoms with E-state index in [2.05, 4.69) is 26.6 Å². The van der Waals surface area contributed by atoms with Crippen molar-refractivity contribution in [2.75, 3.05) is 38.2 Å². The second-order valence-electron chi connectivity index (χ2n) is 6.59. The number of benzene rings is 2. The molecule has 0 unspecified atom stereocenters. The van der Waals surface area contributed by atoms with Crippen molar-refractivity contribution in [2.24, 2.45) is 0 Å². The van der Waals surface area contributed by atoms with Crippen LogP contribution in [0.2, 0.25) is 5.02 Å². The Balaban J connectivity index is 1.66. The molecule has 1 saturated heterocycles. The predicted molar refractivity (Wildman–Crippen MR) is 127 cm³/mol. The van der Waals surface area contributed by atoms with Crippen molar-refractivity contribution in [1.82, 2.24) is 10.2 Å². The lowest BCUT2D eigenvalue weighted by molar-refractivity contribution is 0.0303. The minimum Gasteiger partial charge on any atom is -0.493 e. The molecule has 0 aliphatic carbocycles. The van der Waals surface area contributed by atoms with Crippen LogP contribution < -0.4 is 15.4 Å². The summed E-state index contributed by atoms with van der Waals surface area (Å²) in [6.07, 6.45) is 0. The Morgan fingerprint density at radius 3 is 2.58 bits per heavy atom. The van der Waals surface area contributed by atoms with Crippen molar-refractivity contribution in [1.29, 1.82) is 0 Å². The molecule has 7 nitrogen and oxygen atoms in total. The molecular weight excluding hydrogens is 506 g/mol. The van der Waals surface area contributed by atoms with Crippen LogP contribution in [0.25, 0.3) is 0 Å². The first kappa shape index (κ1) is 23.5. The summed E-state index contributed by atoms with van der Waals surface area (Å²) in [5.41, 5.74) is 1.30. The summed E-state index contributed by atoms with van der Waals surface area (Å²) in [5.74, 6) is 0.142. The highest BCUT2D eigenvalue weighted by Crippen LogP contribution is 2.26. The maximum Gasteiger partial charge on any atom is 0.257 e. The zero-order valence-corrected chi connectivity index (χ0v) is 19.9. The molecule has 0 spiro atoms. The molecule has 164 valence electrons. The third-order valence-electron chi connectivity index (χ3n) is 4.48. The van der Waals surface area contributed by atoms with Gasteiger partial charge in [0.15, 0.2) is 5.11 Å². The van der Waals surface area contributed by atoms with Gasteiger partial charge in [-0.05, 0) is 71.5 Å². The number of morpholine rings is 1. The van der Waals surface area contributed by atoms with E-state index >= 15 is 0 Å². The molecule has 1 fully saturated rings. The Morgan fingerprint density at radius 1 is 1.19 bits per heavy atom. The first-order valence-electron chi connectivity index (χ1n) is 9.60. The molecule has 1 aliphatic heterocycles. The average molecular weight is 527 g/mol. The van der Waals surface area contributed by atoms with Crippen LogP contribution in [0.1, 0.15) is 27.6 Å². The number of halogens is 2. The molecule has 0 saturated carbocycles. The largest absolute Gasteiger partial charge is 0.493 e. The summed E-state index contributed by atoms with van der Waals surface area (Å²) in [6.45, 7) is 4.51. The fourth-order valence-corrected chi connectivity index (χ4v) is 3.81. The van der Waals surface area contributed by atoms with Crippen molar-refractivity contribution >= 4 is 62.4 Å². The van der Waals surface area contributed by atoms with E-state index in [0.717, 1.165) is 0 Å². The van der Waals surface area contributed by atoms with Crippen molar-refractivity contribution in [3.05, 3.63) is 57.0 Å². The van der Waals surface area contributed by atoms with Gasteiger partial charge in [0.05, 0.1) is 35.0 Å². The van der Waals surface area contributed by atoms with Crippen molar-refractivity contribution < 1.29 is 19.1 Å². The van der Waals surface area contributed by atoms with Crippen LogP contribution >= 0.6 is 39.7 Å². The van der Waals surface area contributed by atoms with Gasteiger partial charge in [0, 0.05) is 24.2 Å². The number of amides is 2. The Hall–Kier alpha value is -2.20. The van der Waals surface area contributed by atoms with Crippen LogP contribution in [0, 0.1) is 0 Å². The topological polar surface area (TPSA) is 79.9 Å². The van der Waals surface area contributed by atoms with E-state index in [-0.39, 0.29) is 11.0 Å². The standard InChI is InChI=1S/C21H21BrClN3O4S/c1-2-30-18-6-4-13(11-15(18)22)19(27)25-21(31)24-17-12-14(3-5-16(17)23)20(28)26-7-9-29-10-8-26/h3-6,11-12H,2,7-10H2,1H3,(H2,24,25,27,31). The highest BCUT2D eigenvalue weighted by atomic mass is 79.9. The second-order valence-corrected chi connectivity index (χ2v) is 8.26. The molecule has 0 atom stereocenters. The van der Waals surface area contributed by atoms with E-state index in [0.29, 0.717) is 65.0 Å². The van der Waals surface area contributed by atoms with Gasteiger partial charge in [-0.3, -0.25) is 14.9 Å². The van der Waals surface area contributed by atoms with Gasteiger partial charge in [-0.15, -0.1) is 0 Å². The Labute approximate surface area is 199 Å². The number of nitrogens with one attached hydrogen (secondary N) is 2. The first-order valence-corrected chi connectivity index (χ1v) is 11.2. The Kier molecular flexibility index (Phi) is 8.25. The van der Waals surface area contributed by atoms with Crippen LogP contribution in [0.3, 0.4) is 0 Å². The summed E-state index contributed by atoms with van der Waals surface area (Å²) in [7, 11) is 0. The number of ether oxygens (including phenoxy) is 2. The molecule has 10 heteroatoms. The van der Waals surface area contributed by atoms with E-state index in [1.54, 1.807) is 41.3 Å². The average Bonchev–Trinajstić information content (AvgIpc) is 2.76. The van der Waals surface area contributed by atoms with Crippen LogP contribution in [0.15, 0.2) is 40.9 Å². The second kappa shape index (κ2) is 10.9. The summed E-state index contributed by atoms with van der Waals surface area (Å²) >= 11 is 14.9. The smallest absolute Gasteiger partial charge is 0.257 e. The SMILES string of the molecule is CCOc1ccc(C(=O)NC(=S)Nc2cc(C(=O)N3CCOCC3)ccc2Cl)cc1Br. The molecule has 31 heavy (non-hydrogen) atoms. The minimum atomic E-state index is -0.391. The number of hydrogen-bond acceptors (Lipinski definition) is 5. The lowest BCUT2D eigenvalue weighted by Crippen LogP contribution is -2.40. The number of nitrogens with zero attached hydrogens (tertiary/aromatic N) is 1. The number of thiocarbonyl (C=S) groups is 1. The molecule has 2 amide bonds. The Bertz CT molecular complexity index is 999. The van der Waals surface area contributed by atoms with E-state index in [1.807, 2.05) is 6.92 Å². The molecule has 2 aromatic rings.